The minimum atomic E-state index is -0.132. The lowest BCUT2D eigenvalue weighted by Crippen LogP contribution is -2.42. The number of amides is 1. The van der Waals surface area contributed by atoms with Gasteiger partial charge in [0, 0.05) is 12.6 Å². The molecule has 0 bridgehead atoms. The average molecular weight is 227 g/mol. The third-order valence-electron chi connectivity index (χ3n) is 3.88. The molecule has 0 N–H and O–H groups in total. The van der Waals surface area contributed by atoms with E-state index in [-0.39, 0.29) is 11.2 Å². The van der Waals surface area contributed by atoms with Gasteiger partial charge in [-0.1, -0.05) is 12.8 Å². The van der Waals surface area contributed by atoms with E-state index in [1.165, 1.54) is 38.5 Å². The Morgan fingerprint density at radius 3 is 2.53 bits per heavy atom. The zero-order chi connectivity index (χ0) is 10.8. The van der Waals surface area contributed by atoms with Crippen LogP contribution >= 0.6 is 12.6 Å². The summed E-state index contributed by atoms with van der Waals surface area (Å²) in [5.41, 5.74) is 0. The summed E-state index contributed by atoms with van der Waals surface area (Å²) in [5.74, 6) is 1.02. The number of carbonyl (C=O) groups is 1. The molecule has 1 saturated heterocycles. The minimum Gasteiger partial charge on any atom is -0.338 e. The van der Waals surface area contributed by atoms with Crippen molar-refractivity contribution in [3.63, 3.8) is 0 Å². The Morgan fingerprint density at radius 2 is 1.93 bits per heavy atom. The molecule has 2 atom stereocenters. The van der Waals surface area contributed by atoms with Crippen LogP contribution in [0.3, 0.4) is 0 Å². The molecule has 15 heavy (non-hydrogen) atoms. The highest BCUT2D eigenvalue weighted by Crippen LogP contribution is 2.35. The van der Waals surface area contributed by atoms with Crippen molar-refractivity contribution < 1.29 is 4.79 Å². The van der Waals surface area contributed by atoms with Crippen LogP contribution in [0.5, 0.6) is 0 Å². The number of hydrogen-bond donors (Lipinski definition) is 1. The SMILES string of the molecule is CC(S)C(=O)N1CCCC1C1CCCC1. The highest BCUT2D eigenvalue weighted by Gasteiger charge is 2.36. The highest BCUT2D eigenvalue weighted by molar-refractivity contribution is 7.81. The topological polar surface area (TPSA) is 20.3 Å². The lowest BCUT2D eigenvalue weighted by Gasteiger charge is -2.30. The summed E-state index contributed by atoms with van der Waals surface area (Å²) in [5, 5.41) is -0.132. The monoisotopic (exact) mass is 227 g/mol. The number of likely N-dealkylation sites (tertiary alicyclic amines) is 1. The first-order valence-electron chi connectivity index (χ1n) is 6.18. The standard InChI is InChI=1S/C12H21NOS/c1-9(15)12(14)13-8-4-7-11(13)10-5-2-3-6-10/h9-11,15H,2-8H2,1H3. The summed E-state index contributed by atoms with van der Waals surface area (Å²) in [6.45, 7) is 2.85. The molecular weight excluding hydrogens is 206 g/mol. The van der Waals surface area contributed by atoms with Crippen molar-refractivity contribution in [1.29, 1.82) is 0 Å². The van der Waals surface area contributed by atoms with Crippen molar-refractivity contribution in [3.05, 3.63) is 0 Å². The van der Waals surface area contributed by atoms with Crippen LogP contribution in [0.25, 0.3) is 0 Å². The van der Waals surface area contributed by atoms with Gasteiger partial charge in [-0.3, -0.25) is 4.79 Å². The molecular formula is C12H21NOS. The number of hydrogen-bond acceptors (Lipinski definition) is 2. The predicted octanol–water partition coefficient (Wildman–Crippen LogP) is 2.49. The molecule has 2 aliphatic rings. The fourth-order valence-corrected chi connectivity index (χ4v) is 3.29. The number of thiol groups is 1. The van der Waals surface area contributed by atoms with E-state index in [1.807, 2.05) is 6.92 Å². The maximum absolute atomic E-state index is 12.0. The second-order valence-electron chi connectivity index (χ2n) is 4.96. The largest absolute Gasteiger partial charge is 0.338 e. The molecule has 1 amide bonds. The van der Waals surface area contributed by atoms with Crippen molar-refractivity contribution in [2.75, 3.05) is 6.54 Å². The van der Waals surface area contributed by atoms with Gasteiger partial charge < -0.3 is 4.90 Å². The molecule has 0 aromatic rings. The Bertz CT molecular complexity index is 236. The highest BCUT2D eigenvalue weighted by atomic mass is 32.1. The molecule has 0 radical (unpaired) electrons. The van der Waals surface area contributed by atoms with Gasteiger partial charge in [0.05, 0.1) is 5.25 Å². The summed E-state index contributed by atoms with van der Waals surface area (Å²) in [7, 11) is 0. The summed E-state index contributed by atoms with van der Waals surface area (Å²) >= 11 is 4.26. The van der Waals surface area contributed by atoms with Crippen molar-refractivity contribution >= 4 is 18.5 Å². The maximum Gasteiger partial charge on any atom is 0.235 e. The lowest BCUT2D eigenvalue weighted by atomic mass is 9.96. The summed E-state index contributed by atoms with van der Waals surface area (Å²) in [4.78, 5) is 14.1. The van der Waals surface area contributed by atoms with Gasteiger partial charge in [0.15, 0.2) is 0 Å². The molecule has 0 aromatic heterocycles. The summed E-state index contributed by atoms with van der Waals surface area (Å²) < 4.78 is 0. The molecule has 2 unspecified atom stereocenters. The van der Waals surface area contributed by atoms with Crippen LogP contribution in [0, 0.1) is 5.92 Å². The van der Waals surface area contributed by atoms with Crippen LogP contribution < -0.4 is 0 Å². The molecule has 2 nitrogen and oxygen atoms in total. The van der Waals surface area contributed by atoms with Crippen LogP contribution in [0.1, 0.15) is 45.4 Å². The Hall–Kier alpha value is -0.180. The third kappa shape index (κ3) is 2.32. The van der Waals surface area contributed by atoms with E-state index in [4.69, 9.17) is 0 Å². The van der Waals surface area contributed by atoms with Crippen LogP contribution in [-0.4, -0.2) is 28.6 Å². The first-order chi connectivity index (χ1) is 7.20. The van der Waals surface area contributed by atoms with E-state index in [2.05, 4.69) is 17.5 Å². The fourth-order valence-electron chi connectivity index (χ4n) is 3.14. The van der Waals surface area contributed by atoms with E-state index in [0.717, 1.165) is 12.5 Å². The van der Waals surface area contributed by atoms with Crippen molar-refractivity contribution in [3.8, 4) is 0 Å². The molecule has 2 rings (SSSR count). The molecule has 2 fully saturated rings. The molecule has 1 saturated carbocycles. The first-order valence-corrected chi connectivity index (χ1v) is 6.70. The van der Waals surface area contributed by atoms with E-state index in [0.29, 0.717) is 6.04 Å². The second-order valence-corrected chi connectivity index (χ2v) is 5.74. The number of nitrogens with zero attached hydrogens (tertiary/aromatic N) is 1. The van der Waals surface area contributed by atoms with Gasteiger partial charge in [-0.15, -0.1) is 0 Å². The summed E-state index contributed by atoms with van der Waals surface area (Å²) in [6.07, 6.45) is 7.79. The van der Waals surface area contributed by atoms with Crippen molar-refractivity contribution in [2.24, 2.45) is 5.92 Å². The molecule has 0 aromatic carbocycles. The Kier molecular flexibility index (Phi) is 3.60. The zero-order valence-corrected chi connectivity index (χ0v) is 10.4. The third-order valence-corrected chi connectivity index (χ3v) is 4.10. The molecule has 1 aliphatic carbocycles. The van der Waals surface area contributed by atoms with Gasteiger partial charge in [0.2, 0.25) is 5.91 Å². The molecule has 0 spiro atoms. The molecule has 1 heterocycles. The van der Waals surface area contributed by atoms with Gasteiger partial charge in [0.25, 0.3) is 0 Å². The van der Waals surface area contributed by atoms with Gasteiger partial charge in [-0.05, 0) is 38.5 Å². The van der Waals surface area contributed by atoms with Gasteiger partial charge >= 0.3 is 0 Å². The van der Waals surface area contributed by atoms with Crippen LogP contribution in [0.15, 0.2) is 0 Å². The van der Waals surface area contributed by atoms with Gasteiger partial charge in [-0.25, -0.2) is 0 Å². The average Bonchev–Trinajstić information content (AvgIpc) is 2.86. The Morgan fingerprint density at radius 1 is 1.27 bits per heavy atom. The van der Waals surface area contributed by atoms with E-state index in [9.17, 15) is 4.79 Å². The Labute approximate surface area is 97.8 Å². The van der Waals surface area contributed by atoms with Crippen LogP contribution in [0.4, 0.5) is 0 Å². The van der Waals surface area contributed by atoms with Crippen LogP contribution in [-0.2, 0) is 4.79 Å². The maximum atomic E-state index is 12.0. The lowest BCUT2D eigenvalue weighted by molar-refractivity contribution is -0.132. The summed E-state index contributed by atoms with van der Waals surface area (Å²) in [6, 6.07) is 0.537. The van der Waals surface area contributed by atoms with Crippen molar-refractivity contribution in [1.82, 2.24) is 4.90 Å². The normalized spacial score (nSPS) is 29.7. The minimum absolute atomic E-state index is 0.132. The second kappa shape index (κ2) is 4.77. The smallest absolute Gasteiger partial charge is 0.235 e. The number of carbonyl (C=O) groups excluding carboxylic acids is 1. The molecule has 3 heteroatoms. The predicted molar refractivity (Wildman–Crippen MR) is 65.1 cm³/mol. The van der Waals surface area contributed by atoms with E-state index in [1.54, 1.807) is 0 Å². The quantitative estimate of drug-likeness (QED) is 0.719. The molecule has 1 aliphatic heterocycles. The van der Waals surface area contributed by atoms with Crippen molar-refractivity contribution in [2.45, 2.75) is 56.7 Å². The Balaban J connectivity index is 2.01. The van der Waals surface area contributed by atoms with E-state index < -0.39 is 0 Å². The van der Waals surface area contributed by atoms with Crippen LogP contribution in [0.2, 0.25) is 0 Å². The van der Waals surface area contributed by atoms with Gasteiger partial charge in [-0.2, -0.15) is 12.6 Å². The number of rotatable bonds is 2. The first kappa shape index (κ1) is 11.3. The fraction of sp³-hybridized carbons (Fsp3) is 0.917. The zero-order valence-electron chi connectivity index (χ0n) is 9.48. The van der Waals surface area contributed by atoms with E-state index >= 15 is 0 Å². The molecule has 86 valence electrons. The van der Waals surface area contributed by atoms with Gasteiger partial charge in [0.1, 0.15) is 0 Å².